The molecule has 0 radical (unpaired) electrons. The van der Waals surface area contributed by atoms with Gasteiger partial charge in [0.15, 0.2) is 0 Å². The van der Waals surface area contributed by atoms with E-state index in [0.717, 1.165) is 32.8 Å². The Morgan fingerprint density at radius 1 is 1.38 bits per heavy atom. The third kappa shape index (κ3) is 4.78. The second-order valence-electron chi connectivity index (χ2n) is 4.29. The van der Waals surface area contributed by atoms with Gasteiger partial charge in [0.2, 0.25) is 0 Å². The molecule has 1 fully saturated rings. The molecule has 0 bridgehead atoms. The first-order valence-corrected chi connectivity index (χ1v) is 6.45. The maximum atomic E-state index is 5.69. The first kappa shape index (κ1) is 13.9. The van der Waals surface area contributed by atoms with E-state index in [1.165, 1.54) is 12.8 Å². The summed E-state index contributed by atoms with van der Waals surface area (Å²) in [5.41, 5.74) is 5.69. The summed E-state index contributed by atoms with van der Waals surface area (Å²) in [5.74, 6) is 0. The summed E-state index contributed by atoms with van der Waals surface area (Å²) in [6.07, 6.45) is 2.98. The first-order chi connectivity index (χ1) is 7.80. The van der Waals surface area contributed by atoms with Crippen LogP contribution in [0.15, 0.2) is 0 Å². The Hall–Kier alpha value is -0.160. The molecule has 0 aliphatic carbocycles. The largest absolute Gasteiger partial charge is 0.377 e. The van der Waals surface area contributed by atoms with Crippen LogP contribution >= 0.6 is 0 Å². The third-order valence-electron chi connectivity index (χ3n) is 2.99. The van der Waals surface area contributed by atoms with Crippen molar-refractivity contribution in [2.45, 2.75) is 38.9 Å². The summed E-state index contributed by atoms with van der Waals surface area (Å²) in [7, 11) is 0. The van der Waals surface area contributed by atoms with E-state index >= 15 is 0 Å². The van der Waals surface area contributed by atoms with Gasteiger partial charge in [0.1, 0.15) is 0 Å². The first-order valence-electron chi connectivity index (χ1n) is 6.45. The Morgan fingerprint density at radius 2 is 2.19 bits per heavy atom. The quantitative estimate of drug-likeness (QED) is 0.704. The Balaban J connectivity index is 2.29. The monoisotopic (exact) mass is 230 g/mol. The lowest BCUT2D eigenvalue weighted by atomic mass is 10.1. The topological polar surface area (TPSA) is 47.7 Å². The molecule has 0 aromatic carbocycles. The van der Waals surface area contributed by atoms with Crippen LogP contribution in [-0.2, 0) is 9.47 Å². The van der Waals surface area contributed by atoms with Gasteiger partial charge in [-0.2, -0.15) is 0 Å². The average molecular weight is 230 g/mol. The van der Waals surface area contributed by atoms with Gasteiger partial charge in [-0.05, 0) is 33.2 Å². The van der Waals surface area contributed by atoms with E-state index in [2.05, 4.69) is 11.8 Å². The highest BCUT2D eigenvalue weighted by Gasteiger charge is 2.22. The van der Waals surface area contributed by atoms with E-state index in [4.69, 9.17) is 15.2 Å². The molecule has 0 saturated carbocycles. The van der Waals surface area contributed by atoms with Crippen molar-refractivity contribution in [1.82, 2.24) is 4.90 Å². The number of piperidine rings is 1. The molecule has 0 spiro atoms. The Bertz CT molecular complexity index is 176. The summed E-state index contributed by atoms with van der Waals surface area (Å²) >= 11 is 0. The summed E-state index contributed by atoms with van der Waals surface area (Å²) in [6.45, 7) is 9.33. The van der Waals surface area contributed by atoms with Crippen molar-refractivity contribution >= 4 is 0 Å². The Labute approximate surface area is 99.1 Å². The fraction of sp³-hybridized carbons (Fsp3) is 1.00. The van der Waals surface area contributed by atoms with Crippen LogP contribution in [0.25, 0.3) is 0 Å². The van der Waals surface area contributed by atoms with Gasteiger partial charge >= 0.3 is 0 Å². The van der Waals surface area contributed by atoms with E-state index < -0.39 is 0 Å². The average Bonchev–Trinajstić information content (AvgIpc) is 2.29. The zero-order chi connectivity index (χ0) is 11.8. The van der Waals surface area contributed by atoms with Crippen molar-refractivity contribution in [2.24, 2.45) is 5.73 Å². The molecule has 1 rings (SSSR count). The lowest BCUT2D eigenvalue weighted by molar-refractivity contribution is -0.0183. The maximum Gasteiger partial charge on any atom is 0.0823 e. The van der Waals surface area contributed by atoms with Gasteiger partial charge in [-0.3, -0.25) is 4.90 Å². The number of nitrogens with zero attached hydrogens (tertiary/aromatic N) is 1. The molecule has 0 aromatic heterocycles. The normalized spacial score (nSPS) is 24.6. The molecular weight excluding hydrogens is 204 g/mol. The van der Waals surface area contributed by atoms with Crippen LogP contribution in [0, 0.1) is 0 Å². The smallest absolute Gasteiger partial charge is 0.0823 e. The molecule has 1 heterocycles. The molecule has 4 heteroatoms. The van der Waals surface area contributed by atoms with E-state index in [1.54, 1.807) is 0 Å². The number of nitrogens with two attached hydrogens (primary N) is 1. The highest BCUT2D eigenvalue weighted by Crippen LogP contribution is 2.13. The van der Waals surface area contributed by atoms with Gasteiger partial charge in [-0.15, -0.1) is 0 Å². The van der Waals surface area contributed by atoms with Crippen LogP contribution in [0.3, 0.4) is 0 Å². The molecule has 0 amide bonds. The van der Waals surface area contributed by atoms with Gasteiger partial charge in [-0.25, -0.2) is 0 Å². The molecule has 1 aliphatic rings. The number of hydrogen-bond acceptors (Lipinski definition) is 4. The predicted octanol–water partition coefficient (Wildman–Crippen LogP) is 0.851. The molecule has 1 saturated heterocycles. The Kier molecular flexibility index (Phi) is 6.96. The maximum absolute atomic E-state index is 5.69. The van der Waals surface area contributed by atoms with Gasteiger partial charge in [0.25, 0.3) is 0 Å². The second-order valence-corrected chi connectivity index (χ2v) is 4.29. The molecule has 0 aromatic rings. The number of rotatable bonds is 7. The van der Waals surface area contributed by atoms with Gasteiger partial charge < -0.3 is 15.2 Å². The minimum Gasteiger partial charge on any atom is -0.377 e. The van der Waals surface area contributed by atoms with Gasteiger partial charge in [0, 0.05) is 32.8 Å². The van der Waals surface area contributed by atoms with E-state index in [-0.39, 0.29) is 6.10 Å². The lowest BCUT2D eigenvalue weighted by Crippen LogP contribution is -2.45. The molecule has 2 atom stereocenters. The minimum atomic E-state index is 0.172. The Morgan fingerprint density at radius 3 is 2.81 bits per heavy atom. The number of ether oxygens (including phenoxy) is 2. The highest BCUT2D eigenvalue weighted by molar-refractivity contribution is 4.76. The highest BCUT2D eigenvalue weighted by atomic mass is 16.5. The van der Waals surface area contributed by atoms with Crippen molar-refractivity contribution in [2.75, 3.05) is 39.4 Å². The van der Waals surface area contributed by atoms with Gasteiger partial charge in [-0.1, -0.05) is 0 Å². The minimum absolute atomic E-state index is 0.172. The van der Waals surface area contributed by atoms with E-state index in [1.807, 2.05) is 6.92 Å². The van der Waals surface area contributed by atoms with Crippen molar-refractivity contribution < 1.29 is 9.47 Å². The standard InChI is InChI=1S/C12H26N2O2/c1-3-15-11-6-5-7-14(9-11)10-12(8-13)16-4-2/h11-12H,3-10,13H2,1-2H3. The SMILES string of the molecule is CCOC(CN)CN1CCCC(OCC)C1. The molecule has 4 nitrogen and oxygen atoms in total. The van der Waals surface area contributed by atoms with Crippen LogP contribution in [0.4, 0.5) is 0 Å². The van der Waals surface area contributed by atoms with Gasteiger partial charge in [0.05, 0.1) is 12.2 Å². The zero-order valence-electron chi connectivity index (χ0n) is 10.7. The lowest BCUT2D eigenvalue weighted by Gasteiger charge is -2.34. The summed E-state index contributed by atoms with van der Waals surface area (Å²) in [6, 6.07) is 0. The summed E-state index contributed by atoms with van der Waals surface area (Å²) in [5, 5.41) is 0. The van der Waals surface area contributed by atoms with Crippen molar-refractivity contribution in [3.63, 3.8) is 0 Å². The summed E-state index contributed by atoms with van der Waals surface area (Å²) in [4.78, 5) is 2.41. The van der Waals surface area contributed by atoms with Crippen LogP contribution < -0.4 is 5.73 Å². The van der Waals surface area contributed by atoms with Crippen LogP contribution in [0.5, 0.6) is 0 Å². The second kappa shape index (κ2) is 8.01. The van der Waals surface area contributed by atoms with Crippen LogP contribution in [-0.4, -0.2) is 56.5 Å². The molecule has 2 unspecified atom stereocenters. The van der Waals surface area contributed by atoms with Crippen molar-refractivity contribution in [3.8, 4) is 0 Å². The summed E-state index contributed by atoms with van der Waals surface area (Å²) < 4.78 is 11.3. The van der Waals surface area contributed by atoms with Crippen molar-refractivity contribution in [1.29, 1.82) is 0 Å². The van der Waals surface area contributed by atoms with Crippen molar-refractivity contribution in [3.05, 3.63) is 0 Å². The predicted molar refractivity (Wildman–Crippen MR) is 65.6 cm³/mol. The molecular formula is C12H26N2O2. The molecule has 96 valence electrons. The fourth-order valence-corrected chi connectivity index (χ4v) is 2.27. The molecule has 2 N–H and O–H groups in total. The van der Waals surface area contributed by atoms with Crippen LogP contribution in [0.1, 0.15) is 26.7 Å². The van der Waals surface area contributed by atoms with Crippen LogP contribution in [0.2, 0.25) is 0 Å². The fourth-order valence-electron chi connectivity index (χ4n) is 2.27. The number of likely N-dealkylation sites (tertiary alicyclic amines) is 1. The number of hydrogen-bond donors (Lipinski definition) is 1. The van der Waals surface area contributed by atoms with E-state index in [9.17, 15) is 0 Å². The third-order valence-corrected chi connectivity index (χ3v) is 2.99. The van der Waals surface area contributed by atoms with E-state index in [0.29, 0.717) is 12.6 Å². The molecule has 1 aliphatic heterocycles. The zero-order valence-corrected chi connectivity index (χ0v) is 10.7. The molecule has 16 heavy (non-hydrogen) atoms.